The second-order valence-electron chi connectivity index (χ2n) is 6.38. The molecule has 20 heavy (non-hydrogen) atoms. The number of hydrogen-bond acceptors (Lipinski definition) is 5. The van der Waals surface area contributed by atoms with Gasteiger partial charge in [-0.05, 0) is 25.7 Å². The van der Waals surface area contributed by atoms with Crippen LogP contribution in [0.3, 0.4) is 0 Å². The second kappa shape index (κ2) is 6.71. The van der Waals surface area contributed by atoms with Crippen LogP contribution in [0.2, 0.25) is 0 Å². The van der Waals surface area contributed by atoms with Crippen molar-refractivity contribution in [3.05, 3.63) is 0 Å². The molecule has 0 aromatic rings. The Bertz CT molecular complexity index is 299. The lowest BCUT2D eigenvalue weighted by atomic mass is 9.88. The summed E-state index contributed by atoms with van der Waals surface area (Å²) in [5.74, 6) is 0. The average Bonchev–Trinajstić information content (AvgIpc) is 2.93. The van der Waals surface area contributed by atoms with Crippen LogP contribution in [0.4, 0.5) is 0 Å². The van der Waals surface area contributed by atoms with Crippen molar-refractivity contribution in [2.24, 2.45) is 5.73 Å². The summed E-state index contributed by atoms with van der Waals surface area (Å²) in [6.45, 7) is 6.16. The van der Waals surface area contributed by atoms with Crippen molar-refractivity contribution in [2.75, 3.05) is 46.1 Å². The molecule has 2 unspecified atom stereocenters. The summed E-state index contributed by atoms with van der Waals surface area (Å²) in [6, 6.07) is 0.668. The van der Waals surface area contributed by atoms with Crippen LogP contribution in [-0.2, 0) is 14.2 Å². The summed E-state index contributed by atoms with van der Waals surface area (Å²) in [6.07, 6.45) is 6.07. The fourth-order valence-electron chi connectivity index (χ4n) is 3.82. The Morgan fingerprint density at radius 2 is 2.05 bits per heavy atom. The number of rotatable bonds is 4. The molecule has 3 heterocycles. The van der Waals surface area contributed by atoms with Crippen LogP contribution in [0.1, 0.15) is 32.1 Å². The van der Waals surface area contributed by atoms with Crippen LogP contribution < -0.4 is 5.73 Å². The third-order valence-corrected chi connectivity index (χ3v) is 5.00. The van der Waals surface area contributed by atoms with Crippen molar-refractivity contribution in [1.82, 2.24) is 4.90 Å². The Kier molecular flexibility index (Phi) is 4.94. The van der Waals surface area contributed by atoms with Gasteiger partial charge in [-0.3, -0.25) is 4.90 Å². The molecule has 3 rings (SSSR count). The minimum absolute atomic E-state index is 0.0236. The molecule has 0 saturated carbocycles. The van der Waals surface area contributed by atoms with Gasteiger partial charge in [-0.25, -0.2) is 0 Å². The molecule has 3 fully saturated rings. The van der Waals surface area contributed by atoms with Gasteiger partial charge >= 0.3 is 0 Å². The molecule has 0 amide bonds. The molecule has 0 aliphatic carbocycles. The Balaban J connectivity index is 1.48. The Morgan fingerprint density at radius 1 is 1.20 bits per heavy atom. The number of nitrogens with zero attached hydrogens (tertiary/aromatic N) is 1. The summed E-state index contributed by atoms with van der Waals surface area (Å²) in [7, 11) is 0. The van der Waals surface area contributed by atoms with Crippen LogP contribution in [0, 0.1) is 0 Å². The molecule has 1 spiro atoms. The standard InChI is InChI=1S/C15H28N2O3/c16-5-10-19-14-1-6-17(7-2-14)13-3-8-20-15(11-13)4-9-18-12-15/h13-14H,1-12,16H2. The number of nitrogens with two attached hydrogens (primary N) is 1. The molecule has 3 aliphatic heterocycles. The fraction of sp³-hybridized carbons (Fsp3) is 1.00. The highest BCUT2D eigenvalue weighted by molar-refractivity contribution is 4.94. The fourth-order valence-corrected chi connectivity index (χ4v) is 3.82. The molecule has 0 aromatic heterocycles. The van der Waals surface area contributed by atoms with Gasteiger partial charge in [0.2, 0.25) is 0 Å². The summed E-state index contributed by atoms with van der Waals surface area (Å²) < 4.78 is 17.4. The molecule has 5 heteroatoms. The molecule has 116 valence electrons. The van der Waals surface area contributed by atoms with Crippen LogP contribution >= 0.6 is 0 Å². The van der Waals surface area contributed by atoms with Crippen molar-refractivity contribution in [3.63, 3.8) is 0 Å². The van der Waals surface area contributed by atoms with Crippen molar-refractivity contribution < 1.29 is 14.2 Å². The number of likely N-dealkylation sites (tertiary alicyclic amines) is 1. The molecule has 5 nitrogen and oxygen atoms in total. The Hall–Kier alpha value is -0.200. The minimum atomic E-state index is 0.0236. The monoisotopic (exact) mass is 284 g/mol. The number of piperidine rings is 1. The van der Waals surface area contributed by atoms with Crippen LogP contribution in [0.15, 0.2) is 0 Å². The predicted octanol–water partition coefficient (Wildman–Crippen LogP) is 0.764. The molecule has 3 saturated heterocycles. The van der Waals surface area contributed by atoms with Crippen molar-refractivity contribution in [2.45, 2.75) is 49.9 Å². The summed E-state index contributed by atoms with van der Waals surface area (Å²) >= 11 is 0. The van der Waals surface area contributed by atoms with E-state index in [4.69, 9.17) is 19.9 Å². The first kappa shape index (κ1) is 14.7. The van der Waals surface area contributed by atoms with Crippen LogP contribution in [-0.4, -0.2) is 68.7 Å². The Morgan fingerprint density at radius 3 is 2.75 bits per heavy atom. The SMILES string of the molecule is NCCOC1CCN(C2CCOC3(CCOC3)C2)CC1. The molecule has 2 atom stereocenters. The maximum atomic E-state index is 6.03. The molecule has 0 radical (unpaired) electrons. The van der Waals surface area contributed by atoms with Gasteiger partial charge < -0.3 is 19.9 Å². The largest absolute Gasteiger partial charge is 0.378 e. The zero-order valence-electron chi connectivity index (χ0n) is 12.4. The van der Waals surface area contributed by atoms with Gasteiger partial charge in [0.15, 0.2) is 0 Å². The summed E-state index contributed by atoms with van der Waals surface area (Å²) in [5.41, 5.74) is 5.52. The van der Waals surface area contributed by atoms with Gasteiger partial charge in [-0.2, -0.15) is 0 Å². The van der Waals surface area contributed by atoms with Gasteiger partial charge in [0.1, 0.15) is 0 Å². The number of hydrogen-bond donors (Lipinski definition) is 1. The maximum Gasteiger partial charge on any atom is 0.0951 e. The van der Waals surface area contributed by atoms with Gasteiger partial charge in [0.25, 0.3) is 0 Å². The van der Waals surface area contributed by atoms with Crippen molar-refractivity contribution in [1.29, 1.82) is 0 Å². The van der Waals surface area contributed by atoms with Gasteiger partial charge in [-0.15, -0.1) is 0 Å². The third kappa shape index (κ3) is 3.34. The highest BCUT2D eigenvalue weighted by atomic mass is 16.6. The summed E-state index contributed by atoms with van der Waals surface area (Å²) in [5, 5.41) is 0. The van der Waals surface area contributed by atoms with Gasteiger partial charge in [-0.1, -0.05) is 0 Å². The normalized spacial score (nSPS) is 36.8. The predicted molar refractivity (Wildman–Crippen MR) is 76.7 cm³/mol. The number of ether oxygens (including phenoxy) is 3. The third-order valence-electron chi connectivity index (χ3n) is 5.00. The first-order valence-corrected chi connectivity index (χ1v) is 8.09. The molecule has 0 bridgehead atoms. The average molecular weight is 284 g/mol. The lowest BCUT2D eigenvalue weighted by molar-refractivity contribution is -0.112. The smallest absolute Gasteiger partial charge is 0.0951 e. The van der Waals surface area contributed by atoms with E-state index in [-0.39, 0.29) is 5.60 Å². The zero-order valence-corrected chi connectivity index (χ0v) is 12.4. The second-order valence-corrected chi connectivity index (χ2v) is 6.38. The van der Waals surface area contributed by atoms with E-state index in [0.717, 1.165) is 65.0 Å². The Labute approximate surface area is 121 Å². The zero-order chi connectivity index (χ0) is 13.8. The first-order valence-electron chi connectivity index (χ1n) is 8.09. The van der Waals surface area contributed by atoms with Gasteiger partial charge in [0.05, 0.1) is 24.9 Å². The van der Waals surface area contributed by atoms with Crippen molar-refractivity contribution >= 4 is 0 Å². The highest BCUT2D eigenvalue weighted by Gasteiger charge is 2.42. The quantitative estimate of drug-likeness (QED) is 0.826. The lowest BCUT2D eigenvalue weighted by Gasteiger charge is -2.44. The summed E-state index contributed by atoms with van der Waals surface area (Å²) in [4.78, 5) is 2.64. The maximum absolute atomic E-state index is 6.03. The topological polar surface area (TPSA) is 57.0 Å². The van der Waals surface area contributed by atoms with E-state index in [1.165, 1.54) is 0 Å². The van der Waals surface area contributed by atoms with E-state index in [9.17, 15) is 0 Å². The van der Waals surface area contributed by atoms with E-state index < -0.39 is 0 Å². The van der Waals surface area contributed by atoms with Crippen LogP contribution in [0.5, 0.6) is 0 Å². The van der Waals surface area contributed by atoms with Crippen LogP contribution in [0.25, 0.3) is 0 Å². The van der Waals surface area contributed by atoms with E-state index >= 15 is 0 Å². The van der Waals surface area contributed by atoms with Gasteiger partial charge in [0, 0.05) is 45.3 Å². The lowest BCUT2D eigenvalue weighted by Crippen LogP contribution is -2.51. The highest BCUT2D eigenvalue weighted by Crippen LogP contribution is 2.35. The molecule has 2 N–H and O–H groups in total. The van der Waals surface area contributed by atoms with E-state index in [0.29, 0.717) is 25.3 Å². The minimum Gasteiger partial charge on any atom is -0.378 e. The van der Waals surface area contributed by atoms with E-state index in [1.54, 1.807) is 0 Å². The molecule has 0 aromatic carbocycles. The first-order chi connectivity index (χ1) is 9.81. The molecule has 3 aliphatic rings. The molecular formula is C15H28N2O3. The van der Waals surface area contributed by atoms with E-state index in [2.05, 4.69) is 4.90 Å². The van der Waals surface area contributed by atoms with E-state index in [1.807, 2.05) is 0 Å². The molecular weight excluding hydrogens is 256 g/mol. The van der Waals surface area contributed by atoms with Crippen molar-refractivity contribution in [3.8, 4) is 0 Å².